The van der Waals surface area contributed by atoms with Gasteiger partial charge in [0.15, 0.2) is 6.10 Å². The highest BCUT2D eigenvalue weighted by molar-refractivity contribution is 5.71. The normalized spacial score (nSPS) is 12.9. The fourth-order valence-corrected chi connectivity index (χ4v) is 8.76. The van der Waals surface area contributed by atoms with Crippen LogP contribution in [-0.4, -0.2) is 37.2 Å². The molecular weight excluding hydrogens is 949 g/mol. The summed E-state index contributed by atoms with van der Waals surface area (Å²) in [7, 11) is 0. The monoisotopic (exact) mass is 1070 g/mol. The van der Waals surface area contributed by atoms with Gasteiger partial charge in [0, 0.05) is 19.3 Å². The first kappa shape index (κ1) is 72.8. The molecule has 0 aliphatic carbocycles. The van der Waals surface area contributed by atoms with Crippen molar-refractivity contribution in [2.24, 2.45) is 0 Å². The molecule has 0 aromatic rings. The van der Waals surface area contributed by atoms with Gasteiger partial charge in [-0.05, 0) is 122 Å². The van der Waals surface area contributed by atoms with E-state index < -0.39 is 6.10 Å². The molecule has 1 atom stereocenters. The van der Waals surface area contributed by atoms with E-state index in [4.69, 9.17) is 14.2 Å². The molecule has 0 fully saturated rings. The molecule has 0 saturated heterocycles. The van der Waals surface area contributed by atoms with Crippen LogP contribution in [0.1, 0.15) is 290 Å². The van der Waals surface area contributed by atoms with E-state index in [1.54, 1.807) is 0 Å². The third-order valence-corrected chi connectivity index (χ3v) is 13.4. The summed E-state index contributed by atoms with van der Waals surface area (Å²) in [5.41, 5.74) is 0. The summed E-state index contributed by atoms with van der Waals surface area (Å²) in [5.74, 6) is -0.938. The van der Waals surface area contributed by atoms with Crippen LogP contribution >= 0.6 is 0 Å². The molecule has 6 heteroatoms. The Morgan fingerprint density at radius 1 is 0.260 bits per heavy atom. The quantitative estimate of drug-likeness (QED) is 0.0261. The van der Waals surface area contributed by atoms with Crippen LogP contribution in [0, 0.1) is 0 Å². The minimum absolute atomic E-state index is 0.0946. The molecule has 0 aromatic heterocycles. The predicted molar refractivity (Wildman–Crippen MR) is 334 cm³/mol. The third kappa shape index (κ3) is 62.5. The van der Waals surface area contributed by atoms with Crippen molar-refractivity contribution in [3.8, 4) is 0 Å². The van der Waals surface area contributed by atoms with Crippen LogP contribution in [0.4, 0.5) is 0 Å². The predicted octanol–water partition coefficient (Wildman–Crippen LogP) is 22.0. The van der Waals surface area contributed by atoms with Gasteiger partial charge in [0.1, 0.15) is 13.2 Å². The second-order valence-electron chi connectivity index (χ2n) is 20.9. The lowest BCUT2D eigenvalue weighted by atomic mass is 10.0. The molecule has 0 N–H and O–H groups in total. The molecule has 0 radical (unpaired) electrons. The van der Waals surface area contributed by atoms with Gasteiger partial charge in [-0.15, -0.1) is 0 Å². The summed E-state index contributed by atoms with van der Waals surface area (Å²) in [4.78, 5) is 38.2. The fourth-order valence-electron chi connectivity index (χ4n) is 8.76. The maximum absolute atomic E-state index is 12.9. The largest absolute Gasteiger partial charge is 0.462 e. The SMILES string of the molecule is CC/C=C\C/C=C\C/C=C\C/C=C\CCCCCCCCCCCCCCCCCCCCC(=O)OCC(COC(=O)CCCCC/C=C\C/C=C\C/C=C\CC)OC(=O)CCCCCCC/C=C\C/C=C\C/C=C\CC. The zero-order chi connectivity index (χ0) is 55.7. The van der Waals surface area contributed by atoms with E-state index in [0.29, 0.717) is 19.3 Å². The summed E-state index contributed by atoms with van der Waals surface area (Å²) in [5, 5.41) is 0. The summed E-state index contributed by atoms with van der Waals surface area (Å²) < 4.78 is 16.9. The molecular formula is C71H118O6. The molecule has 0 rings (SSSR count). The molecule has 1 unspecified atom stereocenters. The minimum atomic E-state index is -0.801. The smallest absolute Gasteiger partial charge is 0.306 e. The molecule has 438 valence electrons. The Morgan fingerprint density at radius 2 is 0.468 bits per heavy atom. The second kappa shape index (κ2) is 64.3. The molecule has 0 aromatic carbocycles. The first-order valence-corrected chi connectivity index (χ1v) is 32.0. The van der Waals surface area contributed by atoms with Crippen LogP contribution in [0.5, 0.6) is 0 Å². The lowest BCUT2D eigenvalue weighted by Crippen LogP contribution is -2.30. The van der Waals surface area contributed by atoms with Crippen molar-refractivity contribution in [2.45, 2.75) is 297 Å². The van der Waals surface area contributed by atoms with E-state index in [1.165, 1.54) is 103 Å². The number of unbranched alkanes of at least 4 members (excludes halogenated alkanes) is 26. The van der Waals surface area contributed by atoms with Crippen molar-refractivity contribution in [3.05, 3.63) is 122 Å². The average molecular weight is 1070 g/mol. The van der Waals surface area contributed by atoms with Crippen LogP contribution in [0.15, 0.2) is 122 Å². The highest BCUT2D eigenvalue weighted by Gasteiger charge is 2.19. The number of ether oxygens (including phenoxy) is 3. The van der Waals surface area contributed by atoms with Crippen LogP contribution in [-0.2, 0) is 28.6 Å². The number of allylic oxidation sites excluding steroid dienone is 20. The summed E-state index contributed by atoms with van der Waals surface area (Å²) in [6.45, 7) is 6.27. The van der Waals surface area contributed by atoms with Gasteiger partial charge >= 0.3 is 17.9 Å². The van der Waals surface area contributed by atoms with E-state index in [-0.39, 0.29) is 31.1 Å². The van der Waals surface area contributed by atoms with Crippen molar-refractivity contribution in [2.75, 3.05) is 13.2 Å². The van der Waals surface area contributed by atoms with Crippen molar-refractivity contribution in [1.82, 2.24) is 0 Å². The molecule has 0 bridgehead atoms. The van der Waals surface area contributed by atoms with E-state index in [1.807, 2.05) is 0 Å². The number of rotatable bonds is 57. The van der Waals surface area contributed by atoms with Crippen LogP contribution < -0.4 is 0 Å². The van der Waals surface area contributed by atoms with Gasteiger partial charge in [0.05, 0.1) is 0 Å². The van der Waals surface area contributed by atoms with Gasteiger partial charge in [-0.3, -0.25) is 14.4 Å². The number of hydrogen-bond acceptors (Lipinski definition) is 6. The van der Waals surface area contributed by atoms with Gasteiger partial charge in [-0.1, -0.05) is 271 Å². The Hall–Kier alpha value is -4.19. The van der Waals surface area contributed by atoms with Gasteiger partial charge in [-0.2, -0.15) is 0 Å². The number of carbonyl (C=O) groups excluding carboxylic acids is 3. The minimum Gasteiger partial charge on any atom is -0.462 e. The van der Waals surface area contributed by atoms with Crippen LogP contribution in [0.25, 0.3) is 0 Å². The van der Waals surface area contributed by atoms with Gasteiger partial charge < -0.3 is 14.2 Å². The zero-order valence-corrected chi connectivity index (χ0v) is 50.2. The van der Waals surface area contributed by atoms with Crippen molar-refractivity contribution in [1.29, 1.82) is 0 Å². The van der Waals surface area contributed by atoms with E-state index in [0.717, 1.165) is 148 Å². The second-order valence-corrected chi connectivity index (χ2v) is 20.9. The first-order chi connectivity index (χ1) is 38.0. The van der Waals surface area contributed by atoms with E-state index in [2.05, 4.69) is 142 Å². The lowest BCUT2D eigenvalue weighted by molar-refractivity contribution is -0.167. The third-order valence-electron chi connectivity index (χ3n) is 13.4. The number of hydrogen-bond donors (Lipinski definition) is 0. The number of esters is 3. The van der Waals surface area contributed by atoms with Crippen molar-refractivity contribution < 1.29 is 28.6 Å². The molecule has 0 spiro atoms. The molecule has 6 nitrogen and oxygen atoms in total. The average Bonchev–Trinajstić information content (AvgIpc) is 3.43. The Kier molecular flexibility index (Phi) is 60.8. The molecule has 0 saturated carbocycles. The molecule has 0 aliphatic rings. The Morgan fingerprint density at radius 3 is 0.740 bits per heavy atom. The molecule has 0 amide bonds. The zero-order valence-electron chi connectivity index (χ0n) is 50.2. The van der Waals surface area contributed by atoms with E-state index in [9.17, 15) is 14.4 Å². The van der Waals surface area contributed by atoms with Gasteiger partial charge in [0.2, 0.25) is 0 Å². The molecule has 77 heavy (non-hydrogen) atoms. The summed E-state index contributed by atoms with van der Waals surface area (Å²) in [6, 6.07) is 0. The molecule has 0 aliphatic heterocycles. The maximum Gasteiger partial charge on any atom is 0.306 e. The topological polar surface area (TPSA) is 78.9 Å². The standard InChI is InChI=1S/C71H118O6/c1-4-7-10-13-16-19-22-25-27-28-29-30-31-32-33-34-35-36-37-38-39-40-41-42-44-46-49-52-55-58-61-64-70(73)76-67-68(66-75-69(72)63-60-57-54-51-48-45-24-21-18-15-12-9-6-3)77-71(74)65-62-59-56-53-50-47-43-26-23-20-17-14-11-8-5-2/h7-12,16-21,25-27,29-30,43,45,48,68H,4-6,13-15,22-24,28,31-42,44,46-47,49-67H2,1-3H3/b10-7-,11-8-,12-9-,19-16-,20-17-,21-18-,27-25-,30-29-,43-26-,48-45-. The van der Waals surface area contributed by atoms with Crippen LogP contribution in [0.3, 0.4) is 0 Å². The first-order valence-electron chi connectivity index (χ1n) is 32.0. The Labute approximate surface area is 475 Å². The molecule has 0 heterocycles. The maximum atomic E-state index is 12.9. The highest BCUT2D eigenvalue weighted by Crippen LogP contribution is 2.16. The summed E-state index contributed by atoms with van der Waals surface area (Å²) >= 11 is 0. The Bertz CT molecular complexity index is 1600. The lowest BCUT2D eigenvalue weighted by Gasteiger charge is -2.18. The van der Waals surface area contributed by atoms with Crippen LogP contribution in [0.2, 0.25) is 0 Å². The van der Waals surface area contributed by atoms with E-state index >= 15 is 0 Å². The van der Waals surface area contributed by atoms with Crippen molar-refractivity contribution in [3.63, 3.8) is 0 Å². The van der Waals surface area contributed by atoms with Crippen molar-refractivity contribution >= 4 is 17.9 Å². The van der Waals surface area contributed by atoms with Gasteiger partial charge in [-0.25, -0.2) is 0 Å². The highest BCUT2D eigenvalue weighted by atomic mass is 16.6. The van der Waals surface area contributed by atoms with Gasteiger partial charge in [0.25, 0.3) is 0 Å². The fraction of sp³-hybridized carbons (Fsp3) is 0.676. The summed E-state index contributed by atoms with van der Waals surface area (Å²) in [6.07, 6.45) is 89.4. The Balaban J connectivity index is 4.21. The number of carbonyl (C=O) groups is 3.